The minimum absolute atomic E-state index is 0.0671. The minimum Gasteiger partial charge on any atom is -0.396 e. The maximum atomic E-state index is 8.86. The summed E-state index contributed by atoms with van der Waals surface area (Å²) in [6, 6.07) is 0. The topological polar surface area (TPSA) is 46.2 Å². The van der Waals surface area contributed by atoms with Crippen LogP contribution < -0.4 is 5.73 Å². The summed E-state index contributed by atoms with van der Waals surface area (Å²) in [4.78, 5) is 0. The Morgan fingerprint density at radius 1 is 1.60 bits per heavy atom. The Bertz CT molecular complexity index is 170. The summed E-state index contributed by atoms with van der Waals surface area (Å²) >= 11 is 0. The number of hydrogen-bond donors (Lipinski definition) is 2. The lowest BCUT2D eigenvalue weighted by Crippen LogP contribution is -2.43. The third-order valence-electron chi connectivity index (χ3n) is 1.91. The zero-order valence-electron chi connectivity index (χ0n) is 6.12. The van der Waals surface area contributed by atoms with Gasteiger partial charge < -0.3 is 10.8 Å². The molecule has 2 heteroatoms. The molecule has 3 N–H and O–H groups in total. The maximum absolute atomic E-state index is 8.86. The second-order valence-electron chi connectivity index (χ2n) is 2.90. The first-order valence-electron chi connectivity index (χ1n) is 3.42. The highest BCUT2D eigenvalue weighted by atomic mass is 16.3. The van der Waals surface area contributed by atoms with Gasteiger partial charge in [-0.3, -0.25) is 0 Å². The van der Waals surface area contributed by atoms with E-state index in [9.17, 15) is 0 Å². The van der Waals surface area contributed by atoms with E-state index in [0.29, 0.717) is 0 Å². The fourth-order valence-corrected chi connectivity index (χ4v) is 1.05. The third kappa shape index (κ3) is 1.28. The van der Waals surface area contributed by atoms with Crippen LogP contribution in [0.5, 0.6) is 0 Å². The Labute approximate surface area is 61.0 Å². The molecular formula is C8H13NO. The quantitative estimate of drug-likeness (QED) is 0.553. The van der Waals surface area contributed by atoms with Crippen molar-refractivity contribution in [3.63, 3.8) is 0 Å². The van der Waals surface area contributed by atoms with Crippen molar-refractivity contribution in [2.24, 2.45) is 11.7 Å². The zero-order chi connectivity index (χ0) is 7.61. The van der Waals surface area contributed by atoms with Gasteiger partial charge in [-0.1, -0.05) is 24.3 Å². The molecule has 0 spiro atoms. The number of aliphatic hydroxyl groups excluding tert-OH is 1. The Morgan fingerprint density at radius 3 is 2.70 bits per heavy atom. The monoisotopic (exact) mass is 139 g/mol. The minimum atomic E-state index is -0.372. The maximum Gasteiger partial charge on any atom is 0.0514 e. The van der Waals surface area contributed by atoms with Crippen LogP contribution in [-0.2, 0) is 0 Å². The average molecular weight is 139 g/mol. The Kier molecular flexibility index (Phi) is 1.92. The van der Waals surface area contributed by atoms with Crippen molar-refractivity contribution in [1.82, 2.24) is 0 Å². The highest BCUT2D eigenvalue weighted by molar-refractivity contribution is 5.22. The molecule has 0 aromatic heterocycles. The molecule has 1 aliphatic rings. The van der Waals surface area contributed by atoms with Gasteiger partial charge in [-0.2, -0.15) is 0 Å². The van der Waals surface area contributed by atoms with Crippen LogP contribution >= 0.6 is 0 Å². The van der Waals surface area contributed by atoms with Gasteiger partial charge in [-0.15, -0.1) is 0 Å². The number of allylic oxidation sites excluding steroid dienone is 2. The first-order valence-corrected chi connectivity index (χ1v) is 3.42. The standard InChI is InChI=1S/C8H13NO/c1-8(9)5-3-2-4-7(8)6-10/h2-5,7,10H,6,9H2,1H3. The molecule has 0 aromatic carbocycles. The number of aliphatic hydroxyl groups is 1. The summed E-state index contributed by atoms with van der Waals surface area (Å²) in [7, 11) is 0. The van der Waals surface area contributed by atoms with Crippen molar-refractivity contribution in [3.05, 3.63) is 24.3 Å². The van der Waals surface area contributed by atoms with Gasteiger partial charge in [-0.25, -0.2) is 0 Å². The molecule has 0 aromatic rings. The van der Waals surface area contributed by atoms with E-state index in [4.69, 9.17) is 10.8 Å². The molecule has 0 aliphatic heterocycles. The van der Waals surface area contributed by atoms with E-state index in [-0.39, 0.29) is 18.1 Å². The summed E-state index contributed by atoms with van der Waals surface area (Å²) < 4.78 is 0. The van der Waals surface area contributed by atoms with Gasteiger partial charge in [0.05, 0.1) is 6.61 Å². The second kappa shape index (κ2) is 2.56. The lowest BCUT2D eigenvalue weighted by atomic mass is 9.84. The molecule has 0 saturated carbocycles. The first kappa shape index (κ1) is 7.51. The number of nitrogens with two attached hydrogens (primary N) is 1. The van der Waals surface area contributed by atoms with Crippen molar-refractivity contribution < 1.29 is 5.11 Å². The number of rotatable bonds is 1. The largest absolute Gasteiger partial charge is 0.396 e. The summed E-state index contributed by atoms with van der Waals surface area (Å²) in [6.07, 6.45) is 7.66. The van der Waals surface area contributed by atoms with Gasteiger partial charge in [0.1, 0.15) is 0 Å². The zero-order valence-corrected chi connectivity index (χ0v) is 6.12. The second-order valence-corrected chi connectivity index (χ2v) is 2.90. The fourth-order valence-electron chi connectivity index (χ4n) is 1.05. The number of hydrogen-bond acceptors (Lipinski definition) is 2. The summed E-state index contributed by atoms with van der Waals surface area (Å²) in [5.41, 5.74) is 5.46. The first-order chi connectivity index (χ1) is 4.67. The summed E-state index contributed by atoms with van der Waals surface area (Å²) in [6.45, 7) is 2.03. The molecule has 1 rings (SSSR count). The predicted molar refractivity (Wildman–Crippen MR) is 41.4 cm³/mol. The average Bonchev–Trinajstić information content (AvgIpc) is 1.87. The Balaban J connectivity index is 2.74. The molecule has 2 atom stereocenters. The molecule has 2 unspecified atom stereocenters. The highest BCUT2D eigenvalue weighted by Gasteiger charge is 2.25. The van der Waals surface area contributed by atoms with Crippen LogP contribution in [0.3, 0.4) is 0 Å². The highest BCUT2D eigenvalue weighted by Crippen LogP contribution is 2.20. The lowest BCUT2D eigenvalue weighted by Gasteiger charge is -2.29. The normalized spacial score (nSPS) is 38.5. The van der Waals surface area contributed by atoms with Crippen molar-refractivity contribution >= 4 is 0 Å². The van der Waals surface area contributed by atoms with Gasteiger partial charge in [0.2, 0.25) is 0 Å². The van der Waals surface area contributed by atoms with E-state index in [1.165, 1.54) is 0 Å². The van der Waals surface area contributed by atoms with Crippen molar-refractivity contribution in [2.45, 2.75) is 12.5 Å². The summed E-state index contributed by atoms with van der Waals surface area (Å²) in [5.74, 6) is 0.0671. The molecular weight excluding hydrogens is 126 g/mol. The van der Waals surface area contributed by atoms with Crippen molar-refractivity contribution in [3.8, 4) is 0 Å². The molecule has 2 nitrogen and oxygen atoms in total. The molecule has 0 fully saturated rings. The smallest absolute Gasteiger partial charge is 0.0514 e. The Morgan fingerprint density at radius 2 is 2.30 bits per heavy atom. The van der Waals surface area contributed by atoms with Crippen LogP contribution in [-0.4, -0.2) is 17.3 Å². The van der Waals surface area contributed by atoms with Crippen molar-refractivity contribution in [2.75, 3.05) is 6.61 Å². The predicted octanol–water partition coefficient (Wildman–Crippen LogP) is 0.438. The van der Waals surface area contributed by atoms with Gasteiger partial charge in [-0.05, 0) is 6.92 Å². The van der Waals surface area contributed by atoms with E-state index in [0.717, 1.165) is 0 Å². The SMILES string of the molecule is CC1(N)C=CC=CC1CO. The van der Waals surface area contributed by atoms with E-state index in [1.54, 1.807) is 0 Å². The van der Waals surface area contributed by atoms with Gasteiger partial charge in [0.25, 0.3) is 0 Å². The van der Waals surface area contributed by atoms with Crippen LogP contribution in [0.15, 0.2) is 24.3 Å². The van der Waals surface area contributed by atoms with Gasteiger partial charge in [0.15, 0.2) is 0 Å². The van der Waals surface area contributed by atoms with E-state index < -0.39 is 0 Å². The van der Waals surface area contributed by atoms with E-state index in [1.807, 2.05) is 31.2 Å². The van der Waals surface area contributed by atoms with Crippen LogP contribution in [0.1, 0.15) is 6.92 Å². The third-order valence-corrected chi connectivity index (χ3v) is 1.91. The van der Waals surface area contributed by atoms with Gasteiger partial charge in [0, 0.05) is 11.5 Å². The lowest BCUT2D eigenvalue weighted by molar-refractivity contribution is 0.214. The molecule has 0 bridgehead atoms. The van der Waals surface area contributed by atoms with Crippen LogP contribution in [0, 0.1) is 5.92 Å². The molecule has 0 saturated heterocycles. The van der Waals surface area contributed by atoms with Gasteiger partial charge >= 0.3 is 0 Å². The molecule has 0 heterocycles. The molecule has 0 amide bonds. The van der Waals surface area contributed by atoms with Crippen molar-refractivity contribution in [1.29, 1.82) is 0 Å². The van der Waals surface area contributed by atoms with Crippen LogP contribution in [0.2, 0.25) is 0 Å². The van der Waals surface area contributed by atoms with E-state index in [2.05, 4.69) is 0 Å². The molecule has 1 aliphatic carbocycles. The van der Waals surface area contributed by atoms with E-state index >= 15 is 0 Å². The van der Waals surface area contributed by atoms with Crippen LogP contribution in [0.4, 0.5) is 0 Å². The molecule has 10 heavy (non-hydrogen) atoms. The fraction of sp³-hybridized carbons (Fsp3) is 0.500. The summed E-state index contributed by atoms with van der Waals surface area (Å²) in [5, 5.41) is 8.86. The molecule has 56 valence electrons. The molecule has 0 radical (unpaired) electrons. The van der Waals surface area contributed by atoms with Crippen LogP contribution in [0.25, 0.3) is 0 Å². The Hall–Kier alpha value is -0.600.